The van der Waals surface area contributed by atoms with Crippen molar-refractivity contribution in [3.8, 4) is 0 Å². The number of aliphatic hydroxyl groups is 1. The molecule has 6 heteroatoms. The summed E-state index contributed by atoms with van der Waals surface area (Å²) in [5.74, 6) is 0.351. The van der Waals surface area contributed by atoms with Crippen molar-refractivity contribution < 1.29 is 13.5 Å². The Morgan fingerprint density at radius 2 is 2.00 bits per heavy atom. The monoisotopic (exact) mass is 303 g/mol. The first-order chi connectivity index (χ1) is 9.01. The average Bonchev–Trinajstić information content (AvgIpc) is 2.88. The molecule has 1 aromatic heterocycles. The molecule has 19 heavy (non-hydrogen) atoms. The molecule has 0 amide bonds. The molecule has 4 nitrogen and oxygen atoms in total. The van der Waals surface area contributed by atoms with Crippen LogP contribution in [-0.2, 0) is 16.4 Å². The number of thiophene rings is 1. The molecule has 0 unspecified atom stereocenters. The van der Waals surface area contributed by atoms with Gasteiger partial charge < -0.3 is 5.11 Å². The summed E-state index contributed by atoms with van der Waals surface area (Å²) in [5, 5.41) is 9.43. The SMILES string of the molecule is CCc1ccc(S(=O)(=O)NCC2CCC(O)CC2)s1. The van der Waals surface area contributed by atoms with E-state index in [2.05, 4.69) is 4.72 Å². The van der Waals surface area contributed by atoms with Crippen LogP contribution in [0.15, 0.2) is 16.3 Å². The molecule has 0 atom stereocenters. The normalized spacial score (nSPS) is 24.5. The van der Waals surface area contributed by atoms with Gasteiger partial charge in [0, 0.05) is 11.4 Å². The van der Waals surface area contributed by atoms with Crippen LogP contribution in [0.4, 0.5) is 0 Å². The quantitative estimate of drug-likeness (QED) is 0.876. The van der Waals surface area contributed by atoms with Gasteiger partial charge in [-0.15, -0.1) is 11.3 Å². The molecule has 1 aliphatic rings. The van der Waals surface area contributed by atoms with Gasteiger partial charge in [0.2, 0.25) is 10.0 Å². The van der Waals surface area contributed by atoms with Crippen molar-refractivity contribution in [3.63, 3.8) is 0 Å². The van der Waals surface area contributed by atoms with Crippen LogP contribution in [0.2, 0.25) is 0 Å². The van der Waals surface area contributed by atoms with Gasteiger partial charge in [-0.2, -0.15) is 0 Å². The standard InChI is InChI=1S/C13H21NO3S2/c1-2-12-7-8-13(18-12)19(16,17)14-9-10-3-5-11(15)6-4-10/h7-8,10-11,14-15H,2-6,9H2,1H3. The molecule has 0 spiro atoms. The fraction of sp³-hybridized carbons (Fsp3) is 0.692. The van der Waals surface area contributed by atoms with Gasteiger partial charge in [0.1, 0.15) is 4.21 Å². The van der Waals surface area contributed by atoms with Crippen molar-refractivity contribution in [2.75, 3.05) is 6.54 Å². The summed E-state index contributed by atoms with van der Waals surface area (Å²) in [7, 11) is -3.36. The first-order valence-corrected chi connectivity index (χ1v) is 9.07. The van der Waals surface area contributed by atoms with Crippen molar-refractivity contribution in [3.05, 3.63) is 17.0 Å². The fourth-order valence-corrected chi connectivity index (χ4v) is 4.80. The Bertz CT molecular complexity index is 502. The molecule has 0 saturated heterocycles. The van der Waals surface area contributed by atoms with Crippen LogP contribution >= 0.6 is 11.3 Å². The Hall–Kier alpha value is -0.430. The summed E-state index contributed by atoms with van der Waals surface area (Å²) in [5.41, 5.74) is 0. The molecule has 2 rings (SSSR count). The maximum absolute atomic E-state index is 12.1. The molecule has 2 N–H and O–H groups in total. The molecule has 0 aliphatic heterocycles. The highest BCUT2D eigenvalue weighted by molar-refractivity contribution is 7.91. The molecule has 1 saturated carbocycles. The summed E-state index contributed by atoms with van der Waals surface area (Å²) in [6.07, 6.45) is 4.03. The molecule has 1 fully saturated rings. The molecule has 0 bridgehead atoms. The molecular formula is C13H21NO3S2. The molecule has 0 aromatic carbocycles. The lowest BCUT2D eigenvalue weighted by Gasteiger charge is -2.25. The van der Waals surface area contributed by atoms with E-state index in [9.17, 15) is 13.5 Å². The fourth-order valence-electron chi connectivity index (χ4n) is 2.34. The number of sulfonamides is 1. The van der Waals surface area contributed by atoms with Crippen LogP contribution in [0.5, 0.6) is 0 Å². The maximum Gasteiger partial charge on any atom is 0.250 e. The maximum atomic E-state index is 12.1. The number of aliphatic hydroxyl groups excluding tert-OH is 1. The van der Waals surface area contributed by atoms with Gasteiger partial charge in [0.05, 0.1) is 6.10 Å². The van der Waals surface area contributed by atoms with E-state index in [0.29, 0.717) is 16.7 Å². The number of hydrogen-bond acceptors (Lipinski definition) is 4. The third-order valence-corrected chi connectivity index (χ3v) is 6.77. The van der Waals surface area contributed by atoms with E-state index in [1.165, 1.54) is 11.3 Å². The Balaban J connectivity index is 1.90. The Kier molecular flexibility index (Phi) is 5.00. The second kappa shape index (κ2) is 6.35. The Labute approximate surface area is 118 Å². The van der Waals surface area contributed by atoms with Gasteiger partial charge in [0.15, 0.2) is 0 Å². The van der Waals surface area contributed by atoms with Crippen LogP contribution in [0, 0.1) is 5.92 Å². The molecule has 108 valence electrons. The third-order valence-electron chi connectivity index (χ3n) is 3.63. The minimum Gasteiger partial charge on any atom is -0.393 e. The largest absolute Gasteiger partial charge is 0.393 e. The summed E-state index contributed by atoms with van der Waals surface area (Å²) in [6.45, 7) is 2.50. The van der Waals surface area contributed by atoms with Crippen molar-refractivity contribution >= 4 is 21.4 Å². The highest BCUT2D eigenvalue weighted by atomic mass is 32.2. The highest BCUT2D eigenvalue weighted by Crippen LogP contribution is 2.25. The van der Waals surface area contributed by atoms with Crippen molar-refractivity contribution in [2.45, 2.75) is 49.3 Å². The van der Waals surface area contributed by atoms with Gasteiger partial charge in [-0.25, -0.2) is 13.1 Å². The van der Waals surface area contributed by atoms with E-state index in [4.69, 9.17) is 0 Å². The minimum atomic E-state index is -3.36. The van der Waals surface area contributed by atoms with Crippen LogP contribution in [0.1, 0.15) is 37.5 Å². The van der Waals surface area contributed by atoms with E-state index in [1.807, 2.05) is 13.0 Å². The zero-order chi connectivity index (χ0) is 13.9. The van der Waals surface area contributed by atoms with E-state index >= 15 is 0 Å². The van der Waals surface area contributed by atoms with E-state index in [0.717, 1.165) is 37.0 Å². The van der Waals surface area contributed by atoms with Gasteiger partial charge in [-0.05, 0) is 50.2 Å². The minimum absolute atomic E-state index is 0.197. The average molecular weight is 303 g/mol. The zero-order valence-electron chi connectivity index (χ0n) is 11.1. The predicted octanol–water partition coefficient (Wildman–Crippen LogP) is 2.14. The summed E-state index contributed by atoms with van der Waals surface area (Å²) in [4.78, 5) is 1.08. The number of nitrogens with one attached hydrogen (secondary N) is 1. The molecular weight excluding hydrogens is 282 g/mol. The second-order valence-electron chi connectivity index (χ2n) is 5.10. The lowest BCUT2D eigenvalue weighted by molar-refractivity contribution is 0.110. The van der Waals surface area contributed by atoms with Crippen molar-refractivity contribution in [1.29, 1.82) is 0 Å². The van der Waals surface area contributed by atoms with Crippen molar-refractivity contribution in [1.82, 2.24) is 4.72 Å². The summed E-state index contributed by atoms with van der Waals surface area (Å²) >= 11 is 1.34. The van der Waals surface area contributed by atoms with Gasteiger partial charge in [-0.3, -0.25) is 0 Å². The predicted molar refractivity (Wildman–Crippen MR) is 76.9 cm³/mol. The lowest BCUT2D eigenvalue weighted by atomic mass is 9.88. The zero-order valence-corrected chi connectivity index (χ0v) is 12.8. The second-order valence-corrected chi connectivity index (χ2v) is 8.26. The third kappa shape index (κ3) is 4.02. The summed E-state index contributed by atoms with van der Waals surface area (Å²) in [6, 6.07) is 3.55. The van der Waals surface area contributed by atoms with E-state index in [-0.39, 0.29) is 6.10 Å². The van der Waals surface area contributed by atoms with Crippen molar-refractivity contribution in [2.24, 2.45) is 5.92 Å². The highest BCUT2D eigenvalue weighted by Gasteiger charge is 2.22. The van der Waals surface area contributed by atoms with E-state index < -0.39 is 10.0 Å². The first-order valence-electron chi connectivity index (χ1n) is 6.77. The first kappa shape index (κ1) is 15.0. The number of aryl methyl sites for hydroxylation is 1. The Morgan fingerprint density at radius 1 is 1.32 bits per heavy atom. The Morgan fingerprint density at radius 3 is 2.58 bits per heavy atom. The lowest BCUT2D eigenvalue weighted by Crippen LogP contribution is -2.31. The van der Waals surface area contributed by atoms with Gasteiger partial charge >= 0.3 is 0 Å². The van der Waals surface area contributed by atoms with Crippen LogP contribution < -0.4 is 4.72 Å². The van der Waals surface area contributed by atoms with Gasteiger partial charge in [-0.1, -0.05) is 6.92 Å². The van der Waals surface area contributed by atoms with Crippen LogP contribution in [0.25, 0.3) is 0 Å². The van der Waals surface area contributed by atoms with Gasteiger partial charge in [0.25, 0.3) is 0 Å². The number of hydrogen-bond donors (Lipinski definition) is 2. The summed E-state index contributed by atoms with van der Waals surface area (Å²) < 4.78 is 27.3. The van der Waals surface area contributed by atoms with Crippen LogP contribution in [0.3, 0.4) is 0 Å². The molecule has 1 aromatic rings. The van der Waals surface area contributed by atoms with E-state index in [1.54, 1.807) is 6.07 Å². The van der Waals surface area contributed by atoms with Crippen LogP contribution in [-0.4, -0.2) is 26.2 Å². The topological polar surface area (TPSA) is 66.4 Å². The molecule has 1 aliphatic carbocycles. The smallest absolute Gasteiger partial charge is 0.250 e. The molecule has 0 radical (unpaired) electrons. The molecule has 1 heterocycles. The number of rotatable bonds is 5.